The van der Waals surface area contributed by atoms with E-state index in [1.165, 1.54) is 20.5 Å². The number of amides is 2. The maximum atomic E-state index is 12.8. The molecule has 0 atom stereocenters. The zero-order valence-electron chi connectivity index (χ0n) is 16.1. The third-order valence-electron chi connectivity index (χ3n) is 4.69. The molecule has 0 bridgehead atoms. The van der Waals surface area contributed by atoms with Gasteiger partial charge >= 0.3 is 5.69 Å². The van der Waals surface area contributed by atoms with Crippen LogP contribution in [0.4, 0.5) is 0 Å². The summed E-state index contributed by atoms with van der Waals surface area (Å²) in [7, 11) is 3.23. The van der Waals surface area contributed by atoms with Crippen molar-refractivity contribution in [1.29, 1.82) is 0 Å². The first-order chi connectivity index (χ1) is 13.9. The molecule has 11 heteroatoms. The second-order valence-electron chi connectivity index (χ2n) is 6.88. The minimum Gasteiger partial charge on any atom is -0.347 e. The first kappa shape index (κ1) is 18.6. The average Bonchev–Trinajstić information content (AvgIpc) is 3.33. The zero-order chi connectivity index (χ0) is 20.5. The number of para-hydroxylation sites is 1. The lowest BCUT2D eigenvalue weighted by molar-refractivity contribution is -0.129. The minimum atomic E-state index is -0.350. The van der Waals surface area contributed by atoms with Crippen LogP contribution in [0.3, 0.4) is 0 Å². The summed E-state index contributed by atoms with van der Waals surface area (Å²) in [5.41, 5.74) is 0.618. The van der Waals surface area contributed by atoms with Crippen LogP contribution in [0, 0.1) is 0 Å². The molecule has 3 aromatic rings. The summed E-state index contributed by atoms with van der Waals surface area (Å²) < 4.78 is 2.63. The number of benzene rings is 1. The Morgan fingerprint density at radius 1 is 1.10 bits per heavy atom. The molecular formula is C18H20N8O3. The van der Waals surface area contributed by atoms with Gasteiger partial charge in [-0.05, 0) is 12.1 Å². The Balaban J connectivity index is 1.51. The van der Waals surface area contributed by atoms with E-state index in [0.29, 0.717) is 18.9 Å². The molecule has 0 fully saturated rings. The highest BCUT2D eigenvalue weighted by molar-refractivity contribution is 5.92. The molecule has 0 spiro atoms. The number of rotatable bonds is 4. The van der Waals surface area contributed by atoms with Gasteiger partial charge in [-0.3, -0.25) is 14.2 Å². The number of hydrogen-bond donors (Lipinski definition) is 0. The topological polar surface area (TPSA) is 111 Å². The van der Waals surface area contributed by atoms with E-state index >= 15 is 0 Å². The largest absolute Gasteiger partial charge is 0.347 e. The van der Waals surface area contributed by atoms with Crippen LogP contribution in [0.1, 0.15) is 16.3 Å². The SMILES string of the molecule is CN(C)C(=O)Cn1nc2n(c1=O)CCN(C(=O)c1cnn(-c3ccccc3)n1)C2. The van der Waals surface area contributed by atoms with Gasteiger partial charge in [0.25, 0.3) is 5.91 Å². The van der Waals surface area contributed by atoms with E-state index in [9.17, 15) is 14.4 Å². The zero-order valence-corrected chi connectivity index (χ0v) is 16.1. The van der Waals surface area contributed by atoms with E-state index in [-0.39, 0.29) is 36.3 Å². The summed E-state index contributed by atoms with van der Waals surface area (Å²) in [4.78, 5) is 41.5. The third-order valence-corrected chi connectivity index (χ3v) is 4.69. The fraction of sp³-hybridized carbons (Fsp3) is 0.333. The number of carbonyl (C=O) groups is 2. The number of nitrogens with zero attached hydrogens (tertiary/aromatic N) is 8. The Bertz CT molecular complexity index is 1110. The summed E-state index contributed by atoms with van der Waals surface area (Å²) in [5.74, 6) is -0.0746. The number of carbonyl (C=O) groups excluding carboxylic acids is 2. The average molecular weight is 396 g/mol. The molecule has 2 aromatic heterocycles. The molecule has 1 aliphatic rings. The van der Waals surface area contributed by atoms with Gasteiger partial charge in [0, 0.05) is 27.2 Å². The van der Waals surface area contributed by atoms with Gasteiger partial charge in [0.2, 0.25) is 5.91 Å². The van der Waals surface area contributed by atoms with Crippen LogP contribution in [-0.4, -0.2) is 71.6 Å². The van der Waals surface area contributed by atoms with Crippen LogP contribution in [-0.2, 0) is 24.4 Å². The molecule has 150 valence electrons. The van der Waals surface area contributed by atoms with Gasteiger partial charge in [0.05, 0.1) is 18.4 Å². The van der Waals surface area contributed by atoms with Crippen molar-refractivity contribution in [2.45, 2.75) is 19.6 Å². The molecule has 0 saturated heterocycles. The molecule has 0 saturated carbocycles. The van der Waals surface area contributed by atoms with E-state index in [1.54, 1.807) is 19.0 Å². The molecular weight excluding hydrogens is 376 g/mol. The summed E-state index contributed by atoms with van der Waals surface area (Å²) in [5, 5.41) is 12.7. The second kappa shape index (κ2) is 7.34. The Morgan fingerprint density at radius 3 is 2.59 bits per heavy atom. The van der Waals surface area contributed by atoms with Crippen molar-refractivity contribution < 1.29 is 9.59 Å². The summed E-state index contributed by atoms with van der Waals surface area (Å²) in [6, 6.07) is 9.30. The lowest BCUT2D eigenvalue weighted by Gasteiger charge is -2.25. The van der Waals surface area contributed by atoms with Gasteiger partial charge in [0.1, 0.15) is 6.54 Å². The summed E-state index contributed by atoms with van der Waals surface area (Å²) in [6.07, 6.45) is 1.42. The van der Waals surface area contributed by atoms with Crippen molar-refractivity contribution in [3.63, 3.8) is 0 Å². The Hall–Kier alpha value is -3.76. The molecule has 1 aromatic carbocycles. The van der Waals surface area contributed by atoms with Crippen molar-refractivity contribution in [2.24, 2.45) is 0 Å². The number of hydrogen-bond acceptors (Lipinski definition) is 6. The van der Waals surface area contributed by atoms with Gasteiger partial charge in [-0.25, -0.2) is 9.48 Å². The monoisotopic (exact) mass is 396 g/mol. The minimum absolute atomic E-state index is 0.134. The van der Waals surface area contributed by atoms with Crippen molar-refractivity contribution in [3.8, 4) is 5.69 Å². The molecule has 0 aliphatic carbocycles. The van der Waals surface area contributed by atoms with E-state index in [2.05, 4.69) is 15.3 Å². The number of likely N-dealkylation sites (N-methyl/N-ethyl adjacent to an activating group) is 1. The third kappa shape index (κ3) is 3.53. The first-order valence-electron chi connectivity index (χ1n) is 9.08. The Labute approximate surface area is 165 Å². The van der Waals surface area contributed by atoms with Crippen molar-refractivity contribution in [1.82, 2.24) is 39.1 Å². The van der Waals surface area contributed by atoms with Crippen molar-refractivity contribution in [3.05, 3.63) is 58.5 Å². The number of aromatic nitrogens is 6. The molecule has 1 aliphatic heterocycles. The molecule has 0 unspecified atom stereocenters. The van der Waals surface area contributed by atoms with Crippen LogP contribution in [0.5, 0.6) is 0 Å². The molecule has 0 radical (unpaired) electrons. The van der Waals surface area contributed by atoms with Gasteiger partial charge in [-0.1, -0.05) is 18.2 Å². The van der Waals surface area contributed by atoms with Gasteiger partial charge < -0.3 is 9.80 Å². The fourth-order valence-electron chi connectivity index (χ4n) is 3.05. The van der Waals surface area contributed by atoms with E-state index in [1.807, 2.05) is 30.3 Å². The van der Waals surface area contributed by atoms with E-state index in [0.717, 1.165) is 10.4 Å². The maximum absolute atomic E-state index is 12.8. The van der Waals surface area contributed by atoms with Crippen LogP contribution < -0.4 is 5.69 Å². The molecule has 2 amide bonds. The highest BCUT2D eigenvalue weighted by atomic mass is 16.2. The van der Waals surface area contributed by atoms with Crippen LogP contribution in [0.25, 0.3) is 5.69 Å². The summed E-state index contributed by atoms with van der Waals surface area (Å²) >= 11 is 0. The summed E-state index contributed by atoms with van der Waals surface area (Å²) in [6.45, 7) is 0.681. The molecule has 0 N–H and O–H groups in total. The predicted octanol–water partition coefficient (Wildman–Crippen LogP) is -0.630. The standard InChI is InChI=1S/C18H20N8O3/c1-22(2)16(27)12-25-18(29)24-9-8-23(11-15(24)21-25)17(28)14-10-19-26(20-14)13-6-4-3-5-7-13/h3-7,10H,8-9,11-12H2,1-2H3. The van der Waals surface area contributed by atoms with Crippen molar-refractivity contribution >= 4 is 11.8 Å². The van der Waals surface area contributed by atoms with Crippen molar-refractivity contribution in [2.75, 3.05) is 20.6 Å². The van der Waals surface area contributed by atoms with Gasteiger partial charge in [-0.2, -0.15) is 15.0 Å². The molecule has 11 nitrogen and oxygen atoms in total. The Kier molecular flexibility index (Phi) is 4.71. The fourth-order valence-corrected chi connectivity index (χ4v) is 3.05. The second-order valence-corrected chi connectivity index (χ2v) is 6.88. The van der Waals surface area contributed by atoms with Gasteiger partial charge in [-0.15, -0.1) is 5.10 Å². The lowest BCUT2D eigenvalue weighted by atomic mass is 10.3. The smallest absolute Gasteiger partial charge is 0.346 e. The van der Waals surface area contributed by atoms with E-state index < -0.39 is 0 Å². The molecule has 4 rings (SSSR count). The maximum Gasteiger partial charge on any atom is 0.346 e. The Morgan fingerprint density at radius 2 is 1.86 bits per heavy atom. The number of fused-ring (bicyclic) bond motifs is 1. The van der Waals surface area contributed by atoms with Crippen LogP contribution in [0.2, 0.25) is 0 Å². The van der Waals surface area contributed by atoms with Crippen LogP contribution in [0.15, 0.2) is 41.3 Å². The van der Waals surface area contributed by atoms with Gasteiger partial charge in [0.15, 0.2) is 11.5 Å². The molecule has 3 heterocycles. The van der Waals surface area contributed by atoms with E-state index in [4.69, 9.17) is 0 Å². The quantitative estimate of drug-likeness (QED) is 0.581. The normalized spacial score (nSPS) is 13.2. The molecule has 29 heavy (non-hydrogen) atoms. The predicted molar refractivity (Wildman–Crippen MR) is 101 cm³/mol. The first-order valence-corrected chi connectivity index (χ1v) is 9.08. The highest BCUT2D eigenvalue weighted by Crippen LogP contribution is 2.12. The van der Waals surface area contributed by atoms with Crippen LogP contribution >= 0.6 is 0 Å². The highest BCUT2D eigenvalue weighted by Gasteiger charge is 2.27. The lowest BCUT2D eigenvalue weighted by Crippen LogP contribution is -2.41.